The number of hydrogen-bond donors (Lipinski definition) is 1. The second-order valence-corrected chi connectivity index (χ2v) is 4.99. The molecule has 21 heavy (non-hydrogen) atoms. The molecule has 1 N–H and O–H groups in total. The minimum absolute atomic E-state index is 0.138. The molecule has 4 heteroatoms. The van der Waals surface area contributed by atoms with Gasteiger partial charge in [-0.05, 0) is 17.7 Å². The number of para-hydroxylation sites is 1. The second-order valence-electron chi connectivity index (χ2n) is 4.99. The molecule has 0 spiro atoms. The van der Waals surface area contributed by atoms with Crippen molar-refractivity contribution in [3.63, 3.8) is 0 Å². The summed E-state index contributed by atoms with van der Waals surface area (Å²) in [4.78, 5) is 0. The van der Waals surface area contributed by atoms with E-state index in [1.165, 1.54) is 6.07 Å². The van der Waals surface area contributed by atoms with Crippen LogP contribution in [0.3, 0.4) is 0 Å². The molecule has 1 heterocycles. The van der Waals surface area contributed by atoms with Crippen LogP contribution < -0.4 is 10.1 Å². The maximum absolute atomic E-state index is 13.9. The van der Waals surface area contributed by atoms with E-state index in [0.717, 1.165) is 12.1 Å². The third kappa shape index (κ3) is 3.40. The third-order valence-electron chi connectivity index (χ3n) is 3.51. The quantitative estimate of drug-likeness (QED) is 0.938. The summed E-state index contributed by atoms with van der Waals surface area (Å²) in [5.41, 5.74) is 0.981. The van der Waals surface area contributed by atoms with E-state index in [9.17, 15) is 4.39 Å². The van der Waals surface area contributed by atoms with Crippen LogP contribution in [0, 0.1) is 5.82 Å². The summed E-state index contributed by atoms with van der Waals surface area (Å²) < 4.78 is 25.6. The Labute approximate surface area is 123 Å². The molecule has 1 aliphatic heterocycles. The lowest BCUT2D eigenvalue weighted by molar-refractivity contribution is -0.0442. The van der Waals surface area contributed by atoms with Gasteiger partial charge in [0.1, 0.15) is 6.10 Å². The molecule has 1 unspecified atom stereocenters. The lowest BCUT2D eigenvalue weighted by atomic mass is 10.0. The predicted octanol–water partition coefficient (Wildman–Crippen LogP) is 2.93. The summed E-state index contributed by atoms with van der Waals surface area (Å²) in [7, 11) is 0. The molecule has 0 amide bonds. The van der Waals surface area contributed by atoms with Crippen molar-refractivity contribution in [1.82, 2.24) is 5.32 Å². The lowest BCUT2D eigenvalue weighted by Gasteiger charge is -2.31. The molecular formula is C17H18FNO2. The van der Waals surface area contributed by atoms with Gasteiger partial charge in [0.25, 0.3) is 0 Å². The highest BCUT2D eigenvalue weighted by Gasteiger charge is 2.28. The third-order valence-corrected chi connectivity index (χ3v) is 3.51. The largest absolute Gasteiger partial charge is 0.480 e. The molecule has 1 aliphatic rings. The van der Waals surface area contributed by atoms with Gasteiger partial charge in [0, 0.05) is 13.1 Å². The smallest absolute Gasteiger partial charge is 0.165 e. The van der Waals surface area contributed by atoms with E-state index in [4.69, 9.17) is 9.47 Å². The molecule has 0 radical (unpaired) electrons. The Kier molecular flexibility index (Phi) is 4.48. The van der Waals surface area contributed by atoms with Crippen molar-refractivity contribution < 1.29 is 13.9 Å². The highest BCUT2D eigenvalue weighted by molar-refractivity contribution is 5.27. The molecule has 0 aliphatic carbocycles. The summed E-state index contributed by atoms with van der Waals surface area (Å²) in [6, 6.07) is 16.3. The van der Waals surface area contributed by atoms with Gasteiger partial charge in [-0.1, -0.05) is 42.5 Å². The van der Waals surface area contributed by atoms with Crippen LogP contribution in [-0.4, -0.2) is 25.8 Å². The standard InChI is InChI=1S/C17H18FNO2/c18-14-8-4-5-9-15(14)21-17(13-6-2-1-3-7-13)16-12-19-10-11-20-16/h1-9,16-17,19H,10-12H2/t16?,17-/m0/s1. The molecule has 0 aromatic heterocycles. The van der Waals surface area contributed by atoms with Crippen LogP contribution in [0.2, 0.25) is 0 Å². The second kappa shape index (κ2) is 6.70. The van der Waals surface area contributed by atoms with Crippen LogP contribution in [-0.2, 0) is 4.74 Å². The first-order chi connectivity index (χ1) is 10.3. The first kappa shape index (κ1) is 14.0. The van der Waals surface area contributed by atoms with E-state index >= 15 is 0 Å². The van der Waals surface area contributed by atoms with Crippen LogP contribution in [0.15, 0.2) is 54.6 Å². The zero-order valence-electron chi connectivity index (χ0n) is 11.7. The normalized spacial score (nSPS) is 20.0. The summed E-state index contributed by atoms with van der Waals surface area (Å²) >= 11 is 0. The van der Waals surface area contributed by atoms with Crippen LogP contribution in [0.25, 0.3) is 0 Å². The number of benzene rings is 2. The van der Waals surface area contributed by atoms with Gasteiger partial charge < -0.3 is 14.8 Å². The fourth-order valence-electron chi connectivity index (χ4n) is 2.46. The van der Waals surface area contributed by atoms with Gasteiger partial charge in [0.2, 0.25) is 0 Å². The molecule has 0 bridgehead atoms. The average molecular weight is 287 g/mol. The Balaban J connectivity index is 1.87. The first-order valence-corrected chi connectivity index (χ1v) is 7.13. The van der Waals surface area contributed by atoms with Crippen molar-refractivity contribution in [3.8, 4) is 5.75 Å². The molecule has 2 atom stereocenters. The van der Waals surface area contributed by atoms with Crippen molar-refractivity contribution in [3.05, 3.63) is 66.0 Å². The Bertz CT molecular complexity index is 570. The highest BCUT2D eigenvalue weighted by Crippen LogP contribution is 2.28. The van der Waals surface area contributed by atoms with Crippen molar-refractivity contribution in [2.75, 3.05) is 19.7 Å². The SMILES string of the molecule is Fc1ccccc1O[C@@H](c1ccccc1)C1CNCCO1. The van der Waals surface area contributed by atoms with Gasteiger partial charge in [0.15, 0.2) is 17.7 Å². The number of ether oxygens (including phenoxy) is 2. The molecule has 1 saturated heterocycles. The van der Waals surface area contributed by atoms with Crippen molar-refractivity contribution in [2.24, 2.45) is 0 Å². The summed E-state index contributed by atoms with van der Waals surface area (Å²) in [6.45, 7) is 2.15. The van der Waals surface area contributed by atoms with Crippen molar-refractivity contribution in [2.45, 2.75) is 12.2 Å². The molecule has 2 aromatic carbocycles. The Morgan fingerprint density at radius 1 is 1.10 bits per heavy atom. The highest BCUT2D eigenvalue weighted by atomic mass is 19.1. The van der Waals surface area contributed by atoms with E-state index in [-0.39, 0.29) is 23.8 Å². The fourth-order valence-corrected chi connectivity index (χ4v) is 2.46. The number of morpholine rings is 1. The van der Waals surface area contributed by atoms with E-state index in [1.807, 2.05) is 30.3 Å². The zero-order chi connectivity index (χ0) is 14.5. The monoisotopic (exact) mass is 287 g/mol. The molecule has 1 fully saturated rings. The summed E-state index contributed by atoms with van der Waals surface area (Å²) in [6.07, 6.45) is -0.475. The lowest BCUT2D eigenvalue weighted by Crippen LogP contribution is -2.43. The van der Waals surface area contributed by atoms with Gasteiger partial charge in [-0.25, -0.2) is 4.39 Å². The molecule has 110 valence electrons. The fraction of sp³-hybridized carbons (Fsp3) is 0.294. The average Bonchev–Trinajstić information content (AvgIpc) is 2.56. The van der Waals surface area contributed by atoms with Gasteiger partial charge in [-0.2, -0.15) is 0 Å². The van der Waals surface area contributed by atoms with Gasteiger partial charge in [-0.15, -0.1) is 0 Å². The van der Waals surface area contributed by atoms with Crippen LogP contribution in [0.4, 0.5) is 4.39 Å². The minimum atomic E-state index is -0.359. The topological polar surface area (TPSA) is 30.5 Å². The number of hydrogen-bond acceptors (Lipinski definition) is 3. The predicted molar refractivity (Wildman–Crippen MR) is 78.8 cm³/mol. The summed E-state index contributed by atoms with van der Waals surface area (Å²) in [5, 5.41) is 3.29. The van der Waals surface area contributed by atoms with Crippen LogP contribution in [0.5, 0.6) is 5.75 Å². The van der Waals surface area contributed by atoms with Crippen LogP contribution in [0.1, 0.15) is 11.7 Å². The van der Waals surface area contributed by atoms with Crippen molar-refractivity contribution in [1.29, 1.82) is 0 Å². The Hall–Kier alpha value is -1.91. The Morgan fingerprint density at radius 3 is 2.57 bits per heavy atom. The summed E-state index contributed by atoms with van der Waals surface area (Å²) in [5.74, 6) is -0.109. The van der Waals surface area contributed by atoms with E-state index in [1.54, 1.807) is 18.2 Å². The Morgan fingerprint density at radius 2 is 1.86 bits per heavy atom. The molecule has 0 saturated carbocycles. The van der Waals surface area contributed by atoms with Crippen LogP contribution >= 0.6 is 0 Å². The molecule has 3 rings (SSSR count). The van der Waals surface area contributed by atoms with Gasteiger partial charge in [-0.3, -0.25) is 0 Å². The zero-order valence-corrected chi connectivity index (χ0v) is 11.7. The number of rotatable bonds is 4. The molecule has 2 aromatic rings. The first-order valence-electron chi connectivity index (χ1n) is 7.13. The number of nitrogens with one attached hydrogen (secondary N) is 1. The number of halogens is 1. The minimum Gasteiger partial charge on any atom is -0.480 e. The van der Waals surface area contributed by atoms with Gasteiger partial charge in [0.05, 0.1) is 6.61 Å². The molecular weight excluding hydrogens is 269 g/mol. The van der Waals surface area contributed by atoms with Crippen molar-refractivity contribution >= 4 is 0 Å². The maximum atomic E-state index is 13.9. The van der Waals surface area contributed by atoms with E-state index in [0.29, 0.717) is 13.2 Å². The van der Waals surface area contributed by atoms with E-state index in [2.05, 4.69) is 5.32 Å². The molecule has 3 nitrogen and oxygen atoms in total. The van der Waals surface area contributed by atoms with E-state index < -0.39 is 0 Å². The maximum Gasteiger partial charge on any atom is 0.165 e. The van der Waals surface area contributed by atoms with Gasteiger partial charge >= 0.3 is 0 Å².